The van der Waals surface area contributed by atoms with Crippen molar-refractivity contribution in [3.8, 4) is 5.75 Å². The number of rotatable bonds is 7. The number of nitrogens with zero attached hydrogens (tertiary/aromatic N) is 1. The van der Waals surface area contributed by atoms with Gasteiger partial charge in [0.15, 0.2) is 11.6 Å². The number of nitrogens with one attached hydrogen (secondary N) is 1. The highest BCUT2D eigenvalue weighted by Gasteiger charge is 2.27. The van der Waals surface area contributed by atoms with Crippen molar-refractivity contribution < 1.29 is 23.8 Å². The van der Waals surface area contributed by atoms with E-state index >= 15 is 0 Å². The van der Waals surface area contributed by atoms with Crippen molar-refractivity contribution in [2.75, 3.05) is 25.1 Å². The number of carbonyl (C=O) groups is 1. The molecule has 1 aliphatic heterocycles. The highest BCUT2D eigenvalue weighted by molar-refractivity contribution is 5.95. The molecule has 1 aromatic heterocycles. The van der Waals surface area contributed by atoms with Crippen molar-refractivity contribution in [1.82, 2.24) is 4.98 Å². The van der Waals surface area contributed by atoms with Crippen LogP contribution in [-0.2, 0) is 4.74 Å². The van der Waals surface area contributed by atoms with Gasteiger partial charge in [0.1, 0.15) is 17.1 Å². The van der Waals surface area contributed by atoms with Gasteiger partial charge in [-0.15, -0.1) is 0 Å². The number of aromatic nitrogens is 1. The minimum absolute atomic E-state index is 0.0203. The molecule has 0 atom stereocenters. The Morgan fingerprint density at radius 1 is 1.41 bits per heavy atom. The molecule has 0 radical (unpaired) electrons. The van der Waals surface area contributed by atoms with Crippen LogP contribution in [-0.4, -0.2) is 35.9 Å². The molecular weight excluding hydrogens is 375 g/mol. The zero-order valence-corrected chi connectivity index (χ0v) is 16.2. The third kappa shape index (κ3) is 4.10. The number of hydrogen-bond acceptors (Lipinski definition) is 5. The third-order valence-corrected chi connectivity index (χ3v) is 5.14. The molecule has 2 aromatic rings. The van der Waals surface area contributed by atoms with Crippen LogP contribution in [0, 0.1) is 5.82 Å². The average molecular weight is 398 g/mol. The molecule has 2 N–H and O–H groups in total. The standard InChI is InChI=1S/C22H23FN2O4/c1-2-29-20-16(14-7-9-28-10-8-14)5-6-18(23)19(20)25-21-17(22(26)27)11-15(12-24-21)13-3-4-13/h5-7,11-13H,2-4,8-10H2,1H3,(H,24,25)(H,26,27). The summed E-state index contributed by atoms with van der Waals surface area (Å²) in [6.45, 7) is 3.25. The maximum Gasteiger partial charge on any atom is 0.339 e. The largest absolute Gasteiger partial charge is 0.491 e. The summed E-state index contributed by atoms with van der Waals surface area (Å²) in [7, 11) is 0. The maximum absolute atomic E-state index is 14.8. The summed E-state index contributed by atoms with van der Waals surface area (Å²) >= 11 is 0. The van der Waals surface area contributed by atoms with E-state index in [0.717, 1.165) is 29.5 Å². The van der Waals surface area contributed by atoms with E-state index in [0.29, 0.717) is 37.9 Å². The smallest absolute Gasteiger partial charge is 0.339 e. The Morgan fingerprint density at radius 2 is 2.24 bits per heavy atom. The van der Waals surface area contributed by atoms with Crippen molar-refractivity contribution in [3.05, 3.63) is 53.0 Å². The van der Waals surface area contributed by atoms with Gasteiger partial charge in [0, 0.05) is 11.8 Å². The number of hydrogen-bond donors (Lipinski definition) is 2. The summed E-state index contributed by atoms with van der Waals surface area (Å²) in [5.41, 5.74) is 2.79. The summed E-state index contributed by atoms with van der Waals surface area (Å²) in [6, 6.07) is 4.67. The molecule has 0 spiro atoms. The first kappa shape index (κ1) is 19.4. The lowest BCUT2D eigenvalue weighted by Gasteiger charge is -2.21. The van der Waals surface area contributed by atoms with Crippen molar-refractivity contribution >= 4 is 23.0 Å². The summed E-state index contributed by atoms with van der Waals surface area (Å²) in [5.74, 6) is -0.822. The van der Waals surface area contributed by atoms with Gasteiger partial charge in [-0.05, 0) is 61.4 Å². The number of pyridine rings is 1. The number of halogens is 1. The van der Waals surface area contributed by atoms with Gasteiger partial charge in [-0.25, -0.2) is 14.2 Å². The summed E-state index contributed by atoms with van der Waals surface area (Å²) < 4.78 is 25.9. The molecule has 0 saturated heterocycles. The monoisotopic (exact) mass is 398 g/mol. The van der Waals surface area contributed by atoms with E-state index in [1.165, 1.54) is 6.07 Å². The molecule has 6 nitrogen and oxygen atoms in total. The predicted molar refractivity (Wildman–Crippen MR) is 107 cm³/mol. The molecule has 152 valence electrons. The first-order chi connectivity index (χ1) is 14.1. The molecule has 0 bridgehead atoms. The van der Waals surface area contributed by atoms with E-state index in [4.69, 9.17) is 9.47 Å². The Hall–Kier alpha value is -2.93. The molecule has 4 rings (SSSR count). The Labute approximate surface area is 168 Å². The van der Waals surface area contributed by atoms with Gasteiger partial charge in [0.05, 0.1) is 19.8 Å². The van der Waals surface area contributed by atoms with Crippen LogP contribution in [0.3, 0.4) is 0 Å². The van der Waals surface area contributed by atoms with Gasteiger partial charge < -0.3 is 19.9 Å². The lowest BCUT2D eigenvalue weighted by molar-refractivity contribution is 0.0697. The van der Waals surface area contributed by atoms with Crippen LogP contribution in [0.2, 0.25) is 0 Å². The fraction of sp³-hybridized carbons (Fsp3) is 0.364. The second-order valence-electron chi connectivity index (χ2n) is 7.16. The fourth-order valence-electron chi connectivity index (χ4n) is 3.50. The number of aromatic carboxylic acids is 1. The summed E-state index contributed by atoms with van der Waals surface area (Å²) in [5, 5.41) is 12.5. The SMILES string of the molecule is CCOc1c(C2=CCOCC2)ccc(F)c1Nc1ncc(C2CC2)cc1C(=O)O. The second-order valence-corrected chi connectivity index (χ2v) is 7.16. The van der Waals surface area contributed by atoms with Crippen LogP contribution in [0.5, 0.6) is 5.75 Å². The molecule has 1 fully saturated rings. The minimum atomic E-state index is -1.11. The molecule has 1 aromatic carbocycles. The quantitative estimate of drug-likeness (QED) is 0.701. The van der Waals surface area contributed by atoms with E-state index in [9.17, 15) is 14.3 Å². The maximum atomic E-state index is 14.8. The fourth-order valence-corrected chi connectivity index (χ4v) is 3.50. The number of carboxylic acid groups (broad SMARTS) is 1. The average Bonchev–Trinajstić information content (AvgIpc) is 3.57. The minimum Gasteiger partial charge on any atom is -0.491 e. The van der Waals surface area contributed by atoms with Crippen molar-refractivity contribution in [1.29, 1.82) is 0 Å². The molecule has 0 unspecified atom stereocenters. The number of carboxylic acids is 1. The van der Waals surface area contributed by atoms with Crippen LogP contribution < -0.4 is 10.1 Å². The second kappa shape index (κ2) is 8.21. The van der Waals surface area contributed by atoms with Gasteiger partial charge in [-0.2, -0.15) is 0 Å². The zero-order valence-electron chi connectivity index (χ0n) is 16.2. The normalized spacial score (nSPS) is 16.3. The molecule has 0 amide bonds. The first-order valence-electron chi connectivity index (χ1n) is 9.81. The Bertz CT molecular complexity index is 970. The Kier molecular flexibility index (Phi) is 5.49. The van der Waals surface area contributed by atoms with E-state index in [1.54, 1.807) is 18.3 Å². The van der Waals surface area contributed by atoms with Gasteiger partial charge in [0.2, 0.25) is 0 Å². The molecule has 2 heterocycles. The van der Waals surface area contributed by atoms with E-state index in [1.807, 2.05) is 13.0 Å². The molecule has 2 aliphatic rings. The van der Waals surface area contributed by atoms with Crippen LogP contribution >= 0.6 is 0 Å². The predicted octanol–water partition coefficient (Wildman–Crippen LogP) is 4.74. The highest BCUT2D eigenvalue weighted by Crippen LogP contribution is 2.42. The first-order valence-corrected chi connectivity index (χ1v) is 9.81. The highest BCUT2D eigenvalue weighted by atomic mass is 19.1. The number of benzene rings is 1. The number of ether oxygens (including phenoxy) is 2. The van der Waals surface area contributed by atoms with Gasteiger partial charge in [-0.3, -0.25) is 0 Å². The summed E-state index contributed by atoms with van der Waals surface area (Å²) in [6.07, 6.45) is 6.39. The molecule has 1 saturated carbocycles. The molecular formula is C22H23FN2O4. The topological polar surface area (TPSA) is 80.7 Å². The number of anilines is 2. The van der Waals surface area contributed by atoms with Crippen LogP contribution in [0.4, 0.5) is 15.9 Å². The molecule has 7 heteroatoms. The Balaban J connectivity index is 1.76. The lowest BCUT2D eigenvalue weighted by atomic mass is 9.99. The van der Waals surface area contributed by atoms with Crippen LogP contribution in [0.15, 0.2) is 30.5 Å². The van der Waals surface area contributed by atoms with Crippen molar-refractivity contribution in [3.63, 3.8) is 0 Å². The third-order valence-electron chi connectivity index (χ3n) is 5.14. The van der Waals surface area contributed by atoms with Gasteiger partial charge in [-0.1, -0.05) is 6.08 Å². The van der Waals surface area contributed by atoms with E-state index in [-0.39, 0.29) is 17.1 Å². The summed E-state index contributed by atoms with van der Waals surface area (Å²) in [4.78, 5) is 16.1. The lowest BCUT2D eigenvalue weighted by Crippen LogP contribution is -2.10. The molecule has 1 aliphatic carbocycles. The Morgan fingerprint density at radius 3 is 2.90 bits per heavy atom. The van der Waals surface area contributed by atoms with Crippen molar-refractivity contribution in [2.24, 2.45) is 0 Å². The zero-order chi connectivity index (χ0) is 20.4. The van der Waals surface area contributed by atoms with Crippen molar-refractivity contribution in [2.45, 2.75) is 32.1 Å². The van der Waals surface area contributed by atoms with Gasteiger partial charge >= 0.3 is 5.97 Å². The molecule has 29 heavy (non-hydrogen) atoms. The van der Waals surface area contributed by atoms with E-state index < -0.39 is 11.8 Å². The van der Waals surface area contributed by atoms with Crippen LogP contribution in [0.25, 0.3) is 5.57 Å². The van der Waals surface area contributed by atoms with Gasteiger partial charge in [0.25, 0.3) is 0 Å². The van der Waals surface area contributed by atoms with E-state index in [2.05, 4.69) is 10.3 Å². The van der Waals surface area contributed by atoms with Crippen LogP contribution in [0.1, 0.15) is 53.6 Å².